The lowest BCUT2D eigenvalue weighted by atomic mass is 10.1. The van der Waals surface area contributed by atoms with Crippen LogP contribution in [0.3, 0.4) is 0 Å². The van der Waals surface area contributed by atoms with E-state index >= 15 is 0 Å². The molecule has 2 unspecified atom stereocenters. The number of rotatable bonds is 14. The van der Waals surface area contributed by atoms with Gasteiger partial charge in [0.15, 0.2) is 17.8 Å². The molecule has 5 N–H and O–H groups in total. The van der Waals surface area contributed by atoms with E-state index in [1.165, 1.54) is 6.20 Å². The van der Waals surface area contributed by atoms with Gasteiger partial charge in [0.2, 0.25) is 0 Å². The van der Waals surface area contributed by atoms with E-state index in [1.54, 1.807) is 19.9 Å². The topological polar surface area (TPSA) is 253 Å². The van der Waals surface area contributed by atoms with Gasteiger partial charge in [-0.1, -0.05) is 0 Å². The number of phosphoric ester groups is 1. The molecular formula is C20H34N3O16P3. The molecule has 0 amide bonds. The van der Waals surface area contributed by atoms with Crippen LogP contribution in [0.4, 0.5) is 5.82 Å². The van der Waals surface area contributed by atoms with Gasteiger partial charge in [-0.2, -0.15) is 13.6 Å². The second-order valence-corrected chi connectivity index (χ2v) is 14.7. The van der Waals surface area contributed by atoms with Crippen LogP contribution in [-0.2, 0) is 50.5 Å². The predicted octanol–water partition coefficient (Wildman–Crippen LogP) is 1.35. The number of ether oxygens (including phenoxy) is 5. The first-order valence-corrected chi connectivity index (χ1v) is 17.3. The fourth-order valence-electron chi connectivity index (χ4n) is 4.68. The minimum Gasteiger partial charge on any atom is -0.370 e. The number of hydrogen-bond donors (Lipinski definition) is 5. The Hall–Kier alpha value is -1.11. The van der Waals surface area contributed by atoms with Crippen molar-refractivity contribution in [2.24, 2.45) is 0 Å². The Morgan fingerprint density at radius 1 is 1.02 bits per heavy atom. The second-order valence-electron chi connectivity index (χ2n) is 10.2. The fourth-order valence-corrected chi connectivity index (χ4v) is 7.71. The predicted molar refractivity (Wildman–Crippen MR) is 139 cm³/mol. The molecule has 0 aromatic carbocycles. The normalized spacial score (nSPS) is 29.6. The zero-order valence-corrected chi connectivity index (χ0v) is 25.5. The van der Waals surface area contributed by atoms with E-state index in [1.807, 2.05) is 6.92 Å². The lowest BCUT2D eigenvalue weighted by Gasteiger charge is -2.25. The van der Waals surface area contributed by atoms with E-state index in [0.717, 1.165) is 23.8 Å². The van der Waals surface area contributed by atoms with Crippen LogP contribution in [0.2, 0.25) is 0 Å². The summed E-state index contributed by atoms with van der Waals surface area (Å²) in [5.41, 5.74) is -0.689. The molecule has 6 atom stereocenters. The van der Waals surface area contributed by atoms with Gasteiger partial charge < -0.3 is 48.6 Å². The van der Waals surface area contributed by atoms with Crippen LogP contribution in [0, 0.1) is 0 Å². The van der Waals surface area contributed by atoms with Crippen LogP contribution in [0.15, 0.2) is 17.1 Å². The number of fused-ring (bicyclic) bond motifs is 1. The first-order valence-electron chi connectivity index (χ1n) is 12.8. The molecule has 3 aliphatic rings. The number of phosphoric acid groups is 3. The summed E-state index contributed by atoms with van der Waals surface area (Å²) in [7, 11) is -16.7. The summed E-state index contributed by atoms with van der Waals surface area (Å²) in [6, 6.07) is 1.56. The van der Waals surface area contributed by atoms with Gasteiger partial charge in [-0.25, -0.2) is 18.5 Å². The molecule has 240 valence electrons. The number of aromatic nitrogens is 2. The van der Waals surface area contributed by atoms with Crippen molar-refractivity contribution in [2.45, 2.75) is 76.1 Å². The summed E-state index contributed by atoms with van der Waals surface area (Å²) in [5, 5.41) is 3.08. The van der Waals surface area contributed by atoms with Crippen LogP contribution >= 0.6 is 23.5 Å². The molecule has 3 saturated heterocycles. The molecule has 42 heavy (non-hydrogen) atoms. The Morgan fingerprint density at radius 2 is 1.69 bits per heavy atom. The van der Waals surface area contributed by atoms with Crippen LogP contribution in [0.25, 0.3) is 0 Å². The number of hydrogen-bond acceptors (Lipinski definition) is 14. The van der Waals surface area contributed by atoms with Crippen molar-refractivity contribution in [3.8, 4) is 0 Å². The number of unbranched alkanes of at least 4 members (excludes halogenated alkanes) is 1. The lowest BCUT2D eigenvalue weighted by molar-refractivity contribution is -0.200. The summed E-state index contributed by atoms with van der Waals surface area (Å²) in [6.45, 7) is 6.01. The number of nitrogens with one attached hydrogen (secondary N) is 1. The van der Waals surface area contributed by atoms with Crippen LogP contribution in [0.5, 0.6) is 0 Å². The molecule has 3 aliphatic heterocycles. The minimum atomic E-state index is -5.70. The second kappa shape index (κ2) is 12.7. The van der Waals surface area contributed by atoms with E-state index in [2.05, 4.69) is 18.9 Å². The molecule has 0 aliphatic carbocycles. The van der Waals surface area contributed by atoms with Crippen molar-refractivity contribution in [3.05, 3.63) is 22.7 Å². The highest BCUT2D eigenvalue weighted by atomic mass is 31.3. The van der Waals surface area contributed by atoms with Gasteiger partial charge in [0.1, 0.15) is 24.1 Å². The molecule has 3 fully saturated rings. The van der Waals surface area contributed by atoms with E-state index < -0.39 is 71.9 Å². The Bertz CT molecular complexity index is 1310. The first-order chi connectivity index (χ1) is 19.4. The summed E-state index contributed by atoms with van der Waals surface area (Å²) >= 11 is 0. The van der Waals surface area contributed by atoms with Gasteiger partial charge in [0.05, 0.1) is 19.8 Å². The molecule has 4 heterocycles. The van der Waals surface area contributed by atoms with Crippen molar-refractivity contribution >= 4 is 29.3 Å². The summed E-state index contributed by atoms with van der Waals surface area (Å²) in [5.74, 6) is -1.38. The van der Waals surface area contributed by atoms with E-state index in [9.17, 15) is 28.3 Å². The molecule has 19 nitrogen and oxygen atoms in total. The van der Waals surface area contributed by atoms with E-state index in [4.69, 9.17) is 38.0 Å². The molecule has 22 heteroatoms. The third kappa shape index (κ3) is 9.20. The number of nitrogens with zero attached hydrogens (tertiary/aromatic N) is 2. The Balaban J connectivity index is 1.36. The van der Waals surface area contributed by atoms with Crippen molar-refractivity contribution in [1.29, 1.82) is 0 Å². The zero-order chi connectivity index (χ0) is 31.0. The fraction of sp³-hybridized carbons (Fsp3) is 0.800. The third-order valence-electron chi connectivity index (χ3n) is 6.31. The molecule has 4 rings (SSSR count). The Morgan fingerprint density at radius 3 is 2.33 bits per heavy atom. The monoisotopic (exact) mass is 665 g/mol. The first kappa shape index (κ1) is 33.8. The molecule has 1 aromatic heterocycles. The zero-order valence-electron chi connectivity index (χ0n) is 22.8. The van der Waals surface area contributed by atoms with Crippen LogP contribution in [0.1, 0.15) is 46.3 Å². The van der Waals surface area contributed by atoms with E-state index in [-0.39, 0.29) is 0 Å². The largest absolute Gasteiger partial charge is 0.490 e. The van der Waals surface area contributed by atoms with Gasteiger partial charge in [0.25, 0.3) is 0 Å². The van der Waals surface area contributed by atoms with Crippen molar-refractivity contribution in [1.82, 2.24) is 9.55 Å². The maximum Gasteiger partial charge on any atom is 0.490 e. The van der Waals surface area contributed by atoms with E-state index in [0.29, 0.717) is 25.6 Å². The average Bonchev–Trinajstić information content (AvgIpc) is 3.48. The van der Waals surface area contributed by atoms with Crippen molar-refractivity contribution in [3.63, 3.8) is 0 Å². The van der Waals surface area contributed by atoms with Gasteiger partial charge in [-0.05, 0) is 39.7 Å². The third-order valence-corrected chi connectivity index (χ3v) is 10.1. The van der Waals surface area contributed by atoms with Crippen LogP contribution in [-0.4, -0.2) is 85.4 Å². The average molecular weight is 665 g/mol. The Labute approximate surface area is 239 Å². The molecule has 0 spiro atoms. The highest BCUT2D eigenvalue weighted by molar-refractivity contribution is 7.66. The summed E-state index contributed by atoms with van der Waals surface area (Å²) in [4.78, 5) is 53.4. The lowest BCUT2D eigenvalue weighted by Crippen LogP contribution is -2.35. The number of anilines is 1. The van der Waals surface area contributed by atoms with Crippen LogP contribution < -0.4 is 11.0 Å². The quantitative estimate of drug-likeness (QED) is 0.139. The molecule has 0 radical (unpaired) electrons. The van der Waals surface area contributed by atoms with Gasteiger partial charge in [0, 0.05) is 19.2 Å². The maximum atomic E-state index is 12.9. The summed E-state index contributed by atoms with van der Waals surface area (Å²) < 4.78 is 76.6. The molecular weight excluding hydrogens is 631 g/mol. The van der Waals surface area contributed by atoms with Gasteiger partial charge >= 0.3 is 29.2 Å². The van der Waals surface area contributed by atoms with Crippen molar-refractivity contribution in [2.75, 3.05) is 31.7 Å². The maximum absolute atomic E-state index is 12.9. The van der Waals surface area contributed by atoms with Gasteiger partial charge in [-0.15, -0.1) is 0 Å². The molecule has 1 aromatic rings. The highest BCUT2D eigenvalue weighted by Crippen LogP contribution is 2.66. The molecule has 0 saturated carbocycles. The highest BCUT2D eigenvalue weighted by Gasteiger charge is 2.56. The van der Waals surface area contributed by atoms with Gasteiger partial charge in [-0.3, -0.25) is 9.09 Å². The standard InChI is InChI=1S/C20H34N3O16P3/c1-19(2)36-15-13(12-34-41(28,29)39-42(30,31)38-40(25,26)27)35-17(16(15)37-19)23-9-6-14(22-18(23)24)21-8-5-4-7-20(3)32-10-11-33-20/h6,9,13,15-17H,4-5,7-8,10-12H2,1-3H3,(H,28,29)(H,30,31)(H,21,22,24)(H2,25,26,27)/t13-,15-,16-,17-/m1/s1. The minimum absolute atomic E-state index is 0.332. The molecule has 0 bridgehead atoms. The SMILES string of the molecule is CC1(C)O[C@@H]2[C@H](O1)[C@@H](COP(=O)(O)OP(=O)(O)OP(=O)(O)O)O[C@H]2n1ccc(NCCCCC2(C)OCCO2)nc1=O. The summed E-state index contributed by atoms with van der Waals surface area (Å²) in [6.07, 6.45) is -0.328. The Kier molecular flexibility index (Phi) is 10.2. The van der Waals surface area contributed by atoms with Crippen molar-refractivity contribution < 1.29 is 70.1 Å². The smallest absolute Gasteiger partial charge is 0.370 e.